The van der Waals surface area contributed by atoms with E-state index in [9.17, 15) is 0 Å². The van der Waals surface area contributed by atoms with Crippen LogP contribution in [0.4, 0.5) is 0 Å². The van der Waals surface area contributed by atoms with E-state index in [1.807, 2.05) is 0 Å². The van der Waals surface area contributed by atoms with Crippen molar-refractivity contribution < 1.29 is 0 Å². The molecule has 0 saturated carbocycles. The molecule has 0 spiro atoms. The van der Waals surface area contributed by atoms with Crippen LogP contribution in [0.15, 0.2) is 176 Å². The lowest BCUT2D eigenvalue weighted by Gasteiger charge is -2.10. The first-order valence-electron chi connectivity index (χ1n) is 16.8. The van der Waals surface area contributed by atoms with Crippen LogP contribution in [-0.2, 0) is 0 Å². The number of benzene rings is 7. The van der Waals surface area contributed by atoms with Crippen LogP contribution in [0.2, 0.25) is 0 Å². The summed E-state index contributed by atoms with van der Waals surface area (Å²) in [4.78, 5) is 11.5. The monoisotopic (exact) mass is 655 g/mol. The molecule has 0 saturated heterocycles. The van der Waals surface area contributed by atoms with Gasteiger partial charge in [-0.2, -0.15) is 0 Å². The van der Waals surface area contributed by atoms with Gasteiger partial charge in [0.1, 0.15) is 4.83 Å². The molecule has 0 fully saturated rings. The van der Waals surface area contributed by atoms with Gasteiger partial charge >= 0.3 is 0 Å². The van der Waals surface area contributed by atoms with Crippen molar-refractivity contribution in [2.24, 2.45) is 0 Å². The minimum atomic E-state index is 0.731. The molecular weight excluding hydrogens is 627 g/mol. The van der Waals surface area contributed by atoms with E-state index in [1.165, 1.54) is 48.6 Å². The summed E-state index contributed by atoms with van der Waals surface area (Å²) < 4.78 is 3.61. The molecule has 4 heteroatoms. The highest BCUT2D eigenvalue weighted by Gasteiger charge is 2.19. The van der Waals surface area contributed by atoms with Crippen molar-refractivity contribution >= 4 is 53.4 Å². The van der Waals surface area contributed by atoms with Crippen LogP contribution in [0.3, 0.4) is 0 Å². The fourth-order valence-electron chi connectivity index (χ4n) is 7.36. The summed E-state index contributed by atoms with van der Waals surface area (Å²) >= 11 is 1.73. The number of hydrogen-bond donors (Lipinski definition) is 0. The largest absolute Gasteiger partial charge is 0.309 e. The Labute approximate surface area is 293 Å². The summed E-state index contributed by atoms with van der Waals surface area (Å²) in [6.45, 7) is 0. The molecule has 3 nitrogen and oxygen atoms in total. The molecule has 3 heterocycles. The van der Waals surface area contributed by atoms with Gasteiger partial charge in [-0.25, -0.2) is 9.97 Å². The summed E-state index contributed by atoms with van der Waals surface area (Å²) in [5, 5.41) is 4.76. The molecule has 0 aliphatic rings. The second kappa shape index (κ2) is 11.7. The Hall–Kier alpha value is -6.36. The van der Waals surface area contributed by atoms with Crippen molar-refractivity contribution in [3.63, 3.8) is 0 Å². The Kier molecular flexibility index (Phi) is 6.68. The molecule has 0 radical (unpaired) electrons. The van der Waals surface area contributed by atoms with Crippen LogP contribution in [0.5, 0.6) is 0 Å². The number of thiophene rings is 1. The zero-order valence-electron chi connectivity index (χ0n) is 27.0. The first-order chi connectivity index (χ1) is 24.8. The molecule has 50 heavy (non-hydrogen) atoms. The molecular formula is C46H29N3S. The van der Waals surface area contributed by atoms with E-state index in [1.54, 1.807) is 11.3 Å². The van der Waals surface area contributed by atoms with E-state index >= 15 is 0 Å². The van der Waals surface area contributed by atoms with Gasteiger partial charge in [0.05, 0.1) is 16.7 Å². The van der Waals surface area contributed by atoms with E-state index in [-0.39, 0.29) is 0 Å². The van der Waals surface area contributed by atoms with Gasteiger partial charge in [0, 0.05) is 43.1 Å². The van der Waals surface area contributed by atoms with E-state index in [2.05, 4.69) is 180 Å². The highest BCUT2D eigenvalue weighted by molar-refractivity contribution is 7.25. The van der Waals surface area contributed by atoms with E-state index < -0.39 is 0 Å². The Morgan fingerprint density at radius 3 is 1.92 bits per heavy atom. The lowest BCUT2D eigenvalue weighted by Crippen LogP contribution is -1.94. The van der Waals surface area contributed by atoms with E-state index in [0.717, 1.165) is 44.1 Å². The summed E-state index contributed by atoms with van der Waals surface area (Å²) in [5.74, 6) is 0.731. The van der Waals surface area contributed by atoms with Gasteiger partial charge in [-0.3, -0.25) is 0 Å². The predicted molar refractivity (Wildman–Crippen MR) is 211 cm³/mol. The molecule has 0 amide bonds. The summed E-state index contributed by atoms with van der Waals surface area (Å²) in [6, 6.07) is 62.6. The van der Waals surface area contributed by atoms with E-state index in [4.69, 9.17) is 9.97 Å². The Morgan fingerprint density at radius 2 is 1.10 bits per heavy atom. The van der Waals surface area contributed by atoms with Crippen LogP contribution in [-0.4, -0.2) is 14.5 Å². The zero-order chi connectivity index (χ0) is 33.0. The molecule has 0 N–H and O–H groups in total. The Bertz CT molecular complexity index is 2850. The van der Waals surface area contributed by atoms with Crippen LogP contribution in [0.25, 0.3) is 92.7 Å². The maximum atomic E-state index is 5.29. The highest BCUT2D eigenvalue weighted by Crippen LogP contribution is 2.42. The van der Waals surface area contributed by atoms with Crippen molar-refractivity contribution in [3.8, 4) is 50.6 Å². The van der Waals surface area contributed by atoms with Crippen LogP contribution in [0.1, 0.15) is 0 Å². The molecule has 234 valence electrons. The third kappa shape index (κ3) is 4.65. The lowest BCUT2D eigenvalue weighted by atomic mass is 9.96. The fourth-order valence-corrected chi connectivity index (χ4v) is 8.44. The molecule has 0 bridgehead atoms. The smallest absolute Gasteiger partial charge is 0.161 e. The van der Waals surface area contributed by atoms with Gasteiger partial charge in [0.25, 0.3) is 0 Å². The van der Waals surface area contributed by atoms with Crippen molar-refractivity contribution in [2.45, 2.75) is 0 Å². The summed E-state index contributed by atoms with van der Waals surface area (Å²) in [6.07, 6.45) is 0. The van der Waals surface area contributed by atoms with Gasteiger partial charge in [-0.1, -0.05) is 133 Å². The molecule has 3 aromatic heterocycles. The minimum absolute atomic E-state index is 0.731. The van der Waals surface area contributed by atoms with Crippen molar-refractivity contribution in [2.75, 3.05) is 0 Å². The van der Waals surface area contributed by atoms with Crippen molar-refractivity contribution in [1.82, 2.24) is 14.5 Å². The molecule has 10 aromatic rings. The second-order valence-corrected chi connectivity index (χ2v) is 13.6. The molecule has 0 unspecified atom stereocenters. The normalized spacial score (nSPS) is 11.6. The first-order valence-corrected chi connectivity index (χ1v) is 17.7. The Balaban J connectivity index is 1.20. The van der Waals surface area contributed by atoms with E-state index in [0.29, 0.717) is 0 Å². The van der Waals surface area contributed by atoms with Crippen LogP contribution in [0, 0.1) is 0 Å². The number of aromatic nitrogens is 3. The van der Waals surface area contributed by atoms with Gasteiger partial charge in [-0.05, 0) is 64.7 Å². The SMILES string of the molecule is c1ccc(-c2ccc3c(c2)c2c(-c4cccc(-c5nc(-c6ccccc6)c6c(n5)sc5ccccc56)c4)cccc2n3-c2ccccc2)cc1. The number of para-hydroxylation sites is 1. The van der Waals surface area contributed by atoms with Crippen LogP contribution >= 0.6 is 11.3 Å². The number of fused-ring (bicyclic) bond motifs is 6. The Morgan fingerprint density at radius 1 is 0.420 bits per heavy atom. The van der Waals surface area contributed by atoms with Crippen LogP contribution < -0.4 is 0 Å². The standard InChI is InChI=1S/C46H29N3S/c1-4-14-30(15-5-1)32-26-27-39-38(29-32)42-36(23-13-24-40(42)49(39)35-20-8-3-9-21-35)33-18-12-19-34(28-33)45-47-44(31-16-6-2-7-17-31)43-37-22-10-11-25-41(37)50-46(43)48-45/h1-29H. The third-order valence-electron chi connectivity index (χ3n) is 9.63. The summed E-state index contributed by atoms with van der Waals surface area (Å²) in [7, 11) is 0. The van der Waals surface area contributed by atoms with Gasteiger partial charge in [0.15, 0.2) is 5.82 Å². The molecule has 10 rings (SSSR count). The number of hydrogen-bond acceptors (Lipinski definition) is 3. The number of rotatable bonds is 5. The van der Waals surface area contributed by atoms with Crippen molar-refractivity contribution in [3.05, 3.63) is 176 Å². The van der Waals surface area contributed by atoms with Crippen molar-refractivity contribution in [1.29, 1.82) is 0 Å². The quantitative estimate of drug-likeness (QED) is 0.185. The topological polar surface area (TPSA) is 30.7 Å². The fraction of sp³-hybridized carbons (Fsp3) is 0. The maximum absolute atomic E-state index is 5.29. The maximum Gasteiger partial charge on any atom is 0.161 e. The molecule has 7 aromatic carbocycles. The van der Waals surface area contributed by atoms with Gasteiger partial charge in [-0.15, -0.1) is 11.3 Å². The molecule has 0 aliphatic heterocycles. The third-order valence-corrected chi connectivity index (χ3v) is 10.7. The average molecular weight is 656 g/mol. The first kappa shape index (κ1) is 28.6. The predicted octanol–water partition coefficient (Wildman–Crippen LogP) is 12.6. The molecule has 0 atom stereocenters. The average Bonchev–Trinajstić information content (AvgIpc) is 3.74. The highest BCUT2D eigenvalue weighted by atomic mass is 32.1. The number of nitrogens with zero attached hydrogens (tertiary/aromatic N) is 3. The lowest BCUT2D eigenvalue weighted by molar-refractivity contribution is 1.18. The summed E-state index contributed by atoms with van der Waals surface area (Å²) in [5.41, 5.74) is 11.3. The van der Waals surface area contributed by atoms with Gasteiger partial charge in [0.2, 0.25) is 0 Å². The minimum Gasteiger partial charge on any atom is -0.309 e. The van der Waals surface area contributed by atoms with Gasteiger partial charge < -0.3 is 4.57 Å². The zero-order valence-corrected chi connectivity index (χ0v) is 27.8. The second-order valence-electron chi connectivity index (χ2n) is 12.6. The molecule has 0 aliphatic carbocycles.